The summed E-state index contributed by atoms with van der Waals surface area (Å²) in [6.45, 7) is 3.52. The number of hydrogen-bond donors (Lipinski definition) is 0. The topological polar surface area (TPSA) is 24.9 Å². The Kier molecular flexibility index (Phi) is 2.73. The van der Waals surface area contributed by atoms with E-state index in [4.69, 9.17) is 9.47 Å². The molecule has 0 amide bonds. The van der Waals surface area contributed by atoms with Crippen LogP contribution in [0.4, 0.5) is 0 Å². The Morgan fingerprint density at radius 1 is 1.24 bits per heavy atom. The minimum Gasteiger partial charge on any atom is -0.478 e. The van der Waals surface area contributed by atoms with Crippen LogP contribution in [-0.2, 0) is 9.47 Å². The molecule has 2 heterocycles. The lowest BCUT2D eigenvalue weighted by Gasteiger charge is -2.42. The molecule has 1 saturated heterocycles. The van der Waals surface area contributed by atoms with Gasteiger partial charge in [0.1, 0.15) is 12.5 Å². The van der Waals surface area contributed by atoms with Crippen molar-refractivity contribution in [3.63, 3.8) is 0 Å². The quantitative estimate of drug-likeness (QED) is 0.630. The van der Waals surface area contributed by atoms with Crippen LogP contribution in [0, 0.1) is 0 Å². The molecule has 1 unspecified atom stereocenters. The monoisotopic (exact) mass is 236 g/mol. The number of rotatable bonds is 0. The predicted molar refractivity (Wildman–Crippen MR) is 65.3 cm³/mol. The van der Waals surface area contributed by atoms with Crippen LogP contribution < -0.4 is 0 Å². The van der Waals surface area contributed by atoms with Gasteiger partial charge in [-0.05, 0) is 38.2 Å². The standard InChI is InChI=1S/C13H20N2O2/c1-14-6-5-13(17-10-14)4-3-12-11(7-13)8-15(2)9-16-12/h3-4H,5-10H2,1-2H3. The molecule has 0 bridgehead atoms. The molecule has 17 heavy (non-hydrogen) atoms. The van der Waals surface area contributed by atoms with Crippen LogP contribution in [-0.4, -0.2) is 56.0 Å². The summed E-state index contributed by atoms with van der Waals surface area (Å²) in [4.78, 5) is 4.41. The Bertz CT molecular complexity index is 368. The molecule has 94 valence electrons. The lowest BCUT2D eigenvalue weighted by molar-refractivity contribution is -0.106. The molecule has 0 aromatic heterocycles. The fraction of sp³-hybridized carbons (Fsp3) is 0.692. The summed E-state index contributed by atoms with van der Waals surface area (Å²) in [7, 11) is 4.19. The van der Waals surface area contributed by atoms with Crippen LogP contribution in [0.3, 0.4) is 0 Å². The summed E-state index contributed by atoms with van der Waals surface area (Å²) in [6.07, 6.45) is 6.36. The molecule has 1 aliphatic carbocycles. The smallest absolute Gasteiger partial charge is 0.142 e. The number of likely N-dealkylation sites (N-methyl/N-ethyl adjacent to an activating group) is 1. The molecule has 0 saturated carbocycles. The van der Waals surface area contributed by atoms with E-state index in [2.05, 4.69) is 36.0 Å². The molecule has 0 radical (unpaired) electrons. The van der Waals surface area contributed by atoms with E-state index in [1.54, 1.807) is 0 Å². The summed E-state index contributed by atoms with van der Waals surface area (Å²) in [5.74, 6) is 1.07. The van der Waals surface area contributed by atoms with Gasteiger partial charge in [-0.15, -0.1) is 0 Å². The highest BCUT2D eigenvalue weighted by atomic mass is 16.5. The molecule has 1 fully saturated rings. The van der Waals surface area contributed by atoms with Gasteiger partial charge < -0.3 is 9.47 Å². The first kappa shape index (κ1) is 11.3. The van der Waals surface area contributed by atoms with Crippen LogP contribution in [0.1, 0.15) is 12.8 Å². The maximum Gasteiger partial charge on any atom is 0.142 e. The molecule has 4 heteroatoms. The van der Waals surface area contributed by atoms with E-state index in [9.17, 15) is 0 Å². The number of hydrogen-bond acceptors (Lipinski definition) is 4. The van der Waals surface area contributed by atoms with Gasteiger partial charge >= 0.3 is 0 Å². The lowest BCUT2D eigenvalue weighted by Crippen LogP contribution is -2.46. The third-order valence-electron chi connectivity index (χ3n) is 3.79. The summed E-state index contributed by atoms with van der Waals surface area (Å²) < 4.78 is 11.7. The van der Waals surface area contributed by atoms with Gasteiger partial charge in [-0.3, -0.25) is 9.80 Å². The minimum absolute atomic E-state index is 0.0765. The molecular formula is C13H20N2O2. The van der Waals surface area contributed by atoms with Gasteiger partial charge in [0.2, 0.25) is 0 Å². The summed E-state index contributed by atoms with van der Waals surface area (Å²) >= 11 is 0. The van der Waals surface area contributed by atoms with Crippen molar-refractivity contribution >= 4 is 0 Å². The fourth-order valence-corrected chi connectivity index (χ4v) is 2.71. The highest BCUT2D eigenvalue weighted by molar-refractivity contribution is 5.32. The van der Waals surface area contributed by atoms with Gasteiger partial charge in [-0.25, -0.2) is 0 Å². The van der Waals surface area contributed by atoms with Gasteiger partial charge in [-0.1, -0.05) is 0 Å². The average molecular weight is 236 g/mol. The predicted octanol–water partition coefficient (Wildman–Crippen LogP) is 1.17. The Balaban J connectivity index is 1.76. The van der Waals surface area contributed by atoms with Gasteiger partial charge in [0.15, 0.2) is 0 Å². The van der Waals surface area contributed by atoms with E-state index in [0.29, 0.717) is 6.73 Å². The third kappa shape index (κ3) is 2.12. The summed E-state index contributed by atoms with van der Waals surface area (Å²) in [6, 6.07) is 0. The second kappa shape index (κ2) is 4.12. The molecule has 4 nitrogen and oxygen atoms in total. The van der Waals surface area contributed by atoms with Crippen molar-refractivity contribution in [2.24, 2.45) is 0 Å². The van der Waals surface area contributed by atoms with Crippen LogP contribution in [0.25, 0.3) is 0 Å². The molecule has 3 aliphatic rings. The van der Waals surface area contributed by atoms with Gasteiger partial charge in [0, 0.05) is 19.5 Å². The zero-order valence-electron chi connectivity index (χ0n) is 10.6. The molecule has 3 rings (SSSR count). The van der Waals surface area contributed by atoms with Crippen LogP contribution in [0.5, 0.6) is 0 Å². The Labute approximate surface area is 102 Å². The first-order chi connectivity index (χ1) is 8.17. The summed E-state index contributed by atoms with van der Waals surface area (Å²) in [5, 5.41) is 0. The van der Waals surface area contributed by atoms with E-state index in [0.717, 1.165) is 38.4 Å². The molecule has 0 aromatic rings. The zero-order chi connectivity index (χ0) is 11.9. The average Bonchev–Trinajstić information content (AvgIpc) is 2.33. The number of ether oxygens (including phenoxy) is 2. The summed E-state index contributed by atoms with van der Waals surface area (Å²) in [5.41, 5.74) is 1.30. The van der Waals surface area contributed by atoms with Crippen molar-refractivity contribution in [3.05, 3.63) is 23.5 Å². The number of allylic oxidation sites excluding steroid dienone is 1. The SMILES string of the molecule is CN1CCC2(C=CC3=C(CN(C)CO3)C2)OC1. The maximum absolute atomic E-state index is 6.03. The van der Waals surface area contributed by atoms with Gasteiger partial charge in [-0.2, -0.15) is 0 Å². The molecule has 2 aliphatic heterocycles. The maximum atomic E-state index is 6.03. The molecule has 1 spiro atoms. The van der Waals surface area contributed by atoms with E-state index in [1.807, 2.05) is 0 Å². The van der Waals surface area contributed by atoms with Crippen LogP contribution in [0.2, 0.25) is 0 Å². The zero-order valence-corrected chi connectivity index (χ0v) is 10.6. The third-order valence-corrected chi connectivity index (χ3v) is 3.79. The van der Waals surface area contributed by atoms with Crippen molar-refractivity contribution in [1.82, 2.24) is 9.80 Å². The first-order valence-corrected chi connectivity index (χ1v) is 6.22. The largest absolute Gasteiger partial charge is 0.478 e. The fourth-order valence-electron chi connectivity index (χ4n) is 2.71. The second-order valence-corrected chi connectivity index (χ2v) is 5.43. The van der Waals surface area contributed by atoms with Crippen molar-refractivity contribution in [2.45, 2.75) is 18.4 Å². The minimum atomic E-state index is -0.0765. The van der Waals surface area contributed by atoms with Crippen molar-refractivity contribution in [3.8, 4) is 0 Å². The van der Waals surface area contributed by atoms with Gasteiger partial charge in [0.05, 0.1) is 12.3 Å². The normalized spacial score (nSPS) is 34.9. The van der Waals surface area contributed by atoms with Crippen molar-refractivity contribution in [1.29, 1.82) is 0 Å². The molecular weight excluding hydrogens is 216 g/mol. The Hall–Kier alpha value is -0.840. The number of nitrogens with zero attached hydrogens (tertiary/aromatic N) is 2. The van der Waals surface area contributed by atoms with Crippen LogP contribution >= 0.6 is 0 Å². The second-order valence-electron chi connectivity index (χ2n) is 5.43. The Morgan fingerprint density at radius 2 is 2.12 bits per heavy atom. The van der Waals surface area contributed by atoms with Gasteiger partial charge in [0.25, 0.3) is 0 Å². The van der Waals surface area contributed by atoms with E-state index < -0.39 is 0 Å². The lowest BCUT2D eigenvalue weighted by atomic mass is 9.84. The highest BCUT2D eigenvalue weighted by Gasteiger charge is 2.37. The first-order valence-electron chi connectivity index (χ1n) is 6.22. The van der Waals surface area contributed by atoms with E-state index in [1.165, 1.54) is 5.57 Å². The van der Waals surface area contributed by atoms with Crippen LogP contribution in [0.15, 0.2) is 23.5 Å². The highest BCUT2D eigenvalue weighted by Crippen LogP contribution is 2.36. The molecule has 0 N–H and O–H groups in total. The van der Waals surface area contributed by atoms with E-state index >= 15 is 0 Å². The van der Waals surface area contributed by atoms with Crippen molar-refractivity contribution < 1.29 is 9.47 Å². The molecule has 0 aromatic carbocycles. The van der Waals surface area contributed by atoms with E-state index in [-0.39, 0.29) is 5.60 Å². The molecule has 1 atom stereocenters. The Morgan fingerprint density at radius 3 is 2.88 bits per heavy atom. The van der Waals surface area contributed by atoms with Crippen molar-refractivity contribution in [2.75, 3.05) is 40.6 Å².